The van der Waals surface area contributed by atoms with Crippen LogP contribution < -0.4 is 14.8 Å². The summed E-state index contributed by atoms with van der Waals surface area (Å²) in [4.78, 5) is 12.2. The molecule has 1 amide bonds. The molecule has 0 radical (unpaired) electrons. The zero-order valence-electron chi connectivity index (χ0n) is 15.7. The van der Waals surface area contributed by atoms with Gasteiger partial charge in [0.25, 0.3) is 0 Å². The molecular formula is C20H27N3O3. The maximum Gasteiger partial charge on any atom is 0.241 e. The number of hydrogen-bond donors (Lipinski definition) is 1. The first-order chi connectivity index (χ1) is 12.6. The van der Waals surface area contributed by atoms with Crippen LogP contribution in [-0.2, 0) is 30.6 Å². The van der Waals surface area contributed by atoms with Crippen LogP contribution in [0.4, 0.5) is 0 Å². The molecule has 2 aromatic rings. The first kappa shape index (κ1) is 18.3. The van der Waals surface area contributed by atoms with Crippen molar-refractivity contribution in [2.24, 2.45) is 5.92 Å². The van der Waals surface area contributed by atoms with Gasteiger partial charge in [0.05, 0.1) is 19.9 Å². The molecule has 1 atom stereocenters. The molecule has 0 fully saturated rings. The zero-order chi connectivity index (χ0) is 18.5. The van der Waals surface area contributed by atoms with Gasteiger partial charge in [0.2, 0.25) is 5.91 Å². The SMILES string of the molecule is COc1ccc(CCNC(=O)Cn2cc3c(n2)CCC(C)C3)cc1OC. The van der Waals surface area contributed by atoms with Gasteiger partial charge in [0.1, 0.15) is 6.54 Å². The Morgan fingerprint density at radius 2 is 2.12 bits per heavy atom. The topological polar surface area (TPSA) is 65.4 Å². The normalized spacial score (nSPS) is 16.0. The molecule has 140 valence electrons. The first-order valence-corrected chi connectivity index (χ1v) is 9.12. The van der Waals surface area contributed by atoms with Crippen LogP contribution >= 0.6 is 0 Å². The third kappa shape index (κ3) is 4.36. The summed E-state index contributed by atoms with van der Waals surface area (Å²) in [5.41, 5.74) is 3.54. The fraction of sp³-hybridized carbons (Fsp3) is 0.500. The lowest BCUT2D eigenvalue weighted by molar-refractivity contribution is -0.121. The molecule has 6 heteroatoms. The monoisotopic (exact) mass is 357 g/mol. The molecule has 0 saturated carbocycles. The lowest BCUT2D eigenvalue weighted by Gasteiger charge is -2.15. The molecule has 1 N–H and O–H groups in total. The van der Waals surface area contributed by atoms with Gasteiger partial charge in [-0.15, -0.1) is 0 Å². The smallest absolute Gasteiger partial charge is 0.241 e. The van der Waals surface area contributed by atoms with Crippen LogP contribution in [0.5, 0.6) is 11.5 Å². The average Bonchev–Trinajstić information content (AvgIpc) is 3.02. The number of rotatable bonds is 7. The number of benzene rings is 1. The predicted octanol–water partition coefficient (Wildman–Crippen LogP) is 2.38. The summed E-state index contributed by atoms with van der Waals surface area (Å²) < 4.78 is 12.3. The number of aryl methyl sites for hydroxylation is 1. The van der Waals surface area contributed by atoms with E-state index in [1.165, 1.54) is 12.0 Å². The highest BCUT2D eigenvalue weighted by atomic mass is 16.5. The molecule has 0 bridgehead atoms. The van der Waals surface area contributed by atoms with E-state index >= 15 is 0 Å². The van der Waals surface area contributed by atoms with E-state index < -0.39 is 0 Å². The van der Waals surface area contributed by atoms with E-state index in [1.807, 2.05) is 24.4 Å². The van der Waals surface area contributed by atoms with Crippen molar-refractivity contribution >= 4 is 5.91 Å². The Hall–Kier alpha value is -2.50. The van der Waals surface area contributed by atoms with Crippen LogP contribution in [0.2, 0.25) is 0 Å². The number of nitrogens with one attached hydrogen (secondary N) is 1. The minimum atomic E-state index is -0.0154. The molecule has 0 spiro atoms. The molecular weight excluding hydrogens is 330 g/mol. The quantitative estimate of drug-likeness (QED) is 0.826. The van der Waals surface area contributed by atoms with E-state index in [4.69, 9.17) is 9.47 Å². The number of amides is 1. The Morgan fingerprint density at radius 1 is 1.31 bits per heavy atom. The number of methoxy groups -OCH3 is 2. The number of ether oxygens (including phenoxy) is 2. The summed E-state index contributed by atoms with van der Waals surface area (Å²) in [5.74, 6) is 2.10. The van der Waals surface area contributed by atoms with Gasteiger partial charge in [0.15, 0.2) is 11.5 Å². The van der Waals surface area contributed by atoms with Gasteiger partial charge in [-0.1, -0.05) is 13.0 Å². The molecule has 1 aromatic carbocycles. The van der Waals surface area contributed by atoms with Gasteiger partial charge in [0, 0.05) is 12.7 Å². The maximum absolute atomic E-state index is 12.2. The van der Waals surface area contributed by atoms with E-state index in [-0.39, 0.29) is 12.5 Å². The van der Waals surface area contributed by atoms with Crippen LogP contribution in [0.3, 0.4) is 0 Å². The fourth-order valence-electron chi connectivity index (χ4n) is 3.41. The van der Waals surface area contributed by atoms with E-state index in [2.05, 4.69) is 17.3 Å². The summed E-state index contributed by atoms with van der Waals surface area (Å²) in [7, 11) is 3.24. The lowest BCUT2D eigenvalue weighted by atomic mass is 9.89. The average molecular weight is 357 g/mol. The summed E-state index contributed by atoms with van der Waals surface area (Å²) in [6.07, 6.45) is 6.03. The third-order valence-corrected chi connectivity index (χ3v) is 4.86. The molecule has 1 aromatic heterocycles. The van der Waals surface area contributed by atoms with Crippen molar-refractivity contribution in [3.63, 3.8) is 0 Å². The standard InChI is InChI=1S/C20H27N3O3/c1-14-4-6-17-16(10-14)12-23(22-17)13-20(24)21-9-8-15-5-7-18(25-2)19(11-15)26-3/h5,7,11-12,14H,4,6,8-10,13H2,1-3H3,(H,21,24). The van der Waals surface area contributed by atoms with Gasteiger partial charge < -0.3 is 14.8 Å². The highest BCUT2D eigenvalue weighted by Crippen LogP contribution is 2.27. The van der Waals surface area contributed by atoms with E-state index in [0.717, 1.165) is 30.5 Å². The number of carbonyl (C=O) groups excluding carboxylic acids is 1. The van der Waals surface area contributed by atoms with Crippen LogP contribution in [0.25, 0.3) is 0 Å². The Kier molecular flexibility index (Phi) is 5.81. The summed E-state index contributed by atoms with van der Waals surface area (Å²) >= 11 is 0. The maximum atomic E-state index is 12.2. The Balaban J connectivity index is 1.49. The first-order valence-electron chi connectivity index (χ1n) is 9.12. The molecule has 3 rings (SSSR count). The molecule has 1 heterocycles. The van der Waals surface area contributed by atoms with Gasteiger partial charge in [-0.2, -0.15) is 5.10 Å². The Bertz CT molecular complexity index is 770. The molecule has 1 unspecified atom stereocenters. The van der Waals surface area contributed by atoms with Crippen molar-refractivity contribution < 1.29 is 14.3 Å². The zero-order valence-corrected chi connectivity index (χ0v) is 15.7. The van der Waals surface area contributed by atoms with Crippen molar-refractivity contribution in [3.05, 3.63) is 41.2 Å². The summed E-state index contributed by atoms with van der Waals surface area (Å²) in [5, 5.41) is 7.52. The third-order valence-electron chi connectivity index (χ3n) is 4.86. The van der Waals surface area contributed by atoms with E-state index in [0.29, 0.717) is 24.0 Å². The minimum Gasteiger partial charge on any atom is -0.493 e. The fourth-order valence-corrected chi connectivity index (χ4v) is 3.41. The van der Waals surface area contributed by atoms with Crippen LogP contribution in [-0.4, -0.2) is 36.5 Å². The van der Waals surface area contributed by atoms with E-state index in [1.54, 1.807) is 18.9 Å². The van der Waals surface area contributed by atoms with Crippen molar-refractivity contribution in [3.8, 4) is 11.5 Å². The predicted molar refractivity (Wildman–Crippen MR) is 99.7 cm³/mol. The van der Waals surface area contributed by atoms with Crippen LogP contribution in [0.15, 0.2) is 24.4 Å². The number of aromatic nitrogens is 2. The minimum absolute atomic E-state index is 0.0154. The molecule has 26 heavy (non-hydrogen) atoms. The highest BCUT2D eigenvalue weighted by molar-refractivity contribution is 5.75. The van der Waals surface area contributed by atoms with Gasteiger partial charge in [-0.05, 0) is 54.9 Å². The van der Waals surface area contributed by atoms with Gasteiger partial charge in [-0.3, -0.25) is 9.48 Å². The molecule has 6 nitrogen and oxygen atoms in total. The Morgan fingerprint density at radius 3 is 2.88 bits per heavy atom. The number of fused-ring (bicyclic) bond motifs is 1. The number of hydrogen-bond acceptors (Lipinski definition) is 4. The molecule has 1 aliphatic rings. The second-order valence-electron chi connectivity index (χ2n) is 6.94. The van der Waals surface area contributed by atoms with Crippen LogP contribution in [0, 0.1) is 5.92 Å². The number of carbonyl (C=O) groups is 1. The molecule has 0 saturated heterocycles. The summed E-state index contributed by atoms with van der Waals surface area (Å²) in [6, 6.07) is 5.80. The van der Waals surface area contributed by atoms with Crippen molar-refractivity contribution in [1.82, 2.24) is 15.1 Å². The second kappa shape index (κ2) is 8.25. The molecule has 1 aliphatic carbocycles. The summed E-state index contributed by atoms with van der Waals surface area (Å²) in [6.45, 7) is 3.11. The van der Waals surface area contributed by atoms with Crippen molar-refractivity contribution in [2.45, 2.75) is 39.2 Å². The number of nitrogens with zero attached hydrogens (tertiary/aromatic N) is 2. The largest absolute Gasteiger partial charge is 0.493 e. The van der Waals surface area contributed by atoms with Gasteiger partial charge in [-0.25, -0.2) is 0 Å². The highest BCUT2D eigenvalue weighted by Gasteiger charge is 2.19. The van der Waals surface area contributed by atoms with Crippen LogP contribution in [0.1, 0.15) is 30.2 Å². The second-order valence-corrected chi connectivity index (χ2v) is 6.94. The van der Waals surface area contributed by atoms with Crippen molar-refractivity contribution in [2.75, 3.05) is 20.8 Å². The van der Waals surface area contributed by atoms with Gasteiger partial charge >= 0.3 is 0 Å². The Labute approximate surface area is 154 Å². The molecule has 0 aliphatic heterocycles. The van der Waals surface area contributed by atoms with E-state index in [9.17, 15) is 4.79 Å². The lowest BCUT2D eigenvalue weighted by Crippen LogP contribution is -2.29. The van der Waals surface area contributed by atoms with Crippen molar-refractivity contribution in [1.29, 1.82) is 0 Å².